The number of hydrogen-bond donors (Lipinski definition) is 2. The van der Waals surface area contributed by atoms with Crippen LogP contribution in [0.3, 0.4) is 0 Å². The van der Waals surface area contributed by atoms with Crippen molar-refractivity contribution in [1.29, 1.82) is 0 Å². The van der Waals surface area contributed by atoms with Crippen molar-refractivity contribution in [1.82, 2.24) is 5.32 Å². The highest BCUT2D eigenvalue weighted by molar-refractivity contribution is 5.50. The Balaban J connectivity index is 2.24. The van der Waals surface area contributed by atoms with E-state index in [1.807, 2.05) is 13.1 Å². The van der Waals surface area contributed by atoms with Gasteiger partial charge < -0.3 is 15.3 Å². The van der Waals surface area contributed by atoms with Gasteiger partial charge >= 0.3 is 0 Å². The topological polar surface area (TPSA) is 35.5 Å². The molecule has 0 saturated heterocycles. The molecule has 106 valence electrons. The fourth-order valence-electron chi connectivity index (χ4n) is 2.95. The number of halogens is 1. The summed E-state index contributed by atoms with van der Waals surface area (Å²) in [5.41, 5.74) is 1.84. The SMILES string of the molecule is CNCc1cc(F)cc(N(CCO)C2CCCC2)c1. The van der Waals surface area contributed by atoms with E-state index in [1.165, 1.54) is 12.8 Å². The number of hydrogen-bond acceptors (Lipinski definition) is 3. The second kappa shape index (κ2) is 6.87. The highest BCUT2D eigenvalue weighted by Crippen LogP contribution is 2.29. The van der Waals surface area contributed by atoms with Gasteiger partial charge in [0.05, 0.1) is 6.61 Å². The van der Waals surface area contributed by atoms with Gasteiger partial charge in [0.1, 0.15) is 5.82 Å². The lowest BCUT2D eigenvalue weighted by Crippen LogP contribution is -2.35. The molecule has 1 aromatic carbocycles. The van der Waals surface area contributed by atoms with Crippen LogP contribution in [0.1, 0.15) is 31.2 Å². The molecular weight excluding hydrogens is 243 g/mol. The lowest BCUT2D eigenvalue weighted by atomic mass is 10.1. The average Bonchev–Trinajstić information content (AvgIpc) is 2.89. The maximum Gasteiger partial charge on any atom is 0.125 e. The molecule has 0 spiro atoms. The molecule has 0 aromatic heterocycles. The monoisotopic (exact) mass is 266 g/mol. The van der Waals surface area contributed by atoms with Crippen LogP contribution >= 0.6 is 0 Å². The van der Waals surface area contributed by atoms with E-state index in [0.29, 0.717) is 19.1 Å². The third-order valence-electron chi connectivity index (χ3n) is 3.76. The van der Waals surface area contributed by atoms with Gasteiger partial charge in [-0.1, -0.05) is 12.8 Å². The normalized spacial score (nSPS) is 15.9. The Morgan fingerprint density at radius 2 is 2.05 bits per heavy atom. The lowest BCUT2D eigenvalue weighted by molar-refractivity contribution is 0.297. The maximum atomic E-state index is 13.7. The fraction of sp³-hybridized carbons (Fsp3) is 0.600. The highest BCUT2D eigenvalue weighted by Gasteiger charge is 2.23. The smallest absolute Gasteiger partial charge is 0.125 e. The standard InChI is InChI=1S/C15H23FN2O/c1-17-11-12-8-13(16)10-15(9-12)18(6-7-19)14-4-2-3-5-14/h8-10,14,17,19H,2-7,11H2,1H3. The van der Waals surface area contributed by atoms with Crippen molar-refractivity contribution in [3.8, 4) is 0 Å². The minimum absolute atomic E-state index is 0.106. The Bertz CT molecular complexity index is 405. The molecule has 0 aliphatic heterocycles. The molecule has 19 heavy (non-hydrogen) atoms. The molecule has 0 amide bonds. The van der Waals surface area contributed by atoms with Crippen molar-refractivity contribution in [2.24, 2.45) is 0 Å². The molecule has 0 heterocycles. The molecule has 3 nitrogen and oxygen atoms in total. The van der Waals surface area contributed by atoms with E-state index in [-0.39, 0.29) is 12.4 Å². The van der Waals surface area contributed by atoms with Gasteiger partial charge in [0.2, 0.25) is 0 Å². The van der Waals surface area contributed by atoms with E-state index in [4.69, 9.17) is 0 Å². The predicted molar refractivity (Wildman–Crippen MR) is 75.9 cm³/mol. The summed E-state index contributed by atoms with van der Waals surface area (Å²) in [7, 11) is 1.85. The van der Waals surface area contributed by atoms with Crippen LogP contribution < -0.4 is 10.2 Å². The fourth-order valence-corrected chi connectivity index (χ4v) is 2.95. The van der Waals surface area contributed by atoms with Gasteiger partial charge in [0, 0.05) is 24.8 Å². The third-order valence-corrected chi connectivity index (χ3v) is 3.76. The number of aliphatic hydroxyl groups is 1. The Labute approximate surface area is 114 Å². The zero-order valence-electron chi connectivity index (χ0n) is 11.5. The summed E-state index contributed by atoms with van der Waals surface area (Å²) in [5, 5.41) is 12.3. The summed E-state index contributed by atoms with van der Waals surface area (Å²) in [6.07, 6.45) is 4.73. The Hall–Kier alpha value is -1.13. The van der Waals surface area contributed by atoms with Crippen LogP contribution in [0.5, 0.6) is 0 Å². The van der Waals surface area contributed by atoms with E-state index < -0.39 is 0 Å². The lowest BCUT2D eigenvalue weighted by Gasteiger charge is -2.31. The van der Waals surface area contributed by atoms with E-state index in [0.717, 1.165) is 24.1 Å². The van der Waals surface area contributed by atoms with Gasteiger partial charge in [0.25, 0.3) is 0 Å². The molecule has 0 radical (unpaired) electrons. The second-order valence-corrected chi connectivity index (χ2v) is 5.20. The molecule has 1 aliphatic rings. The summed E-state index contributed by atoms with van der Waals surface area (Å²) in [6.45, 7) is 1.34. The molecule has 2 N–H and O–H groups in total. The number of benzene rings is 1. The number of rotatable bonds is 6. The first-order valence-electron chi connectivity index (χ1n) is 7.06. The first-order chi connectivity index (χ1) is 9.24. The molecule has 1 saturated carbocycles. The summed E-state index contributed by atoms with van der Waals surface area (Å²) in [5.74, 6) is -0.205. The van der Waals surface area contributed by atoms with Crippen LogP contribution in [-0.4, -0.2) is 31.3 Å². The minimum atomic E-state index is -0.205. The highest BCUT2D eigenvalue weighted by atomic mass is 19.1. The predicted octanol–water partition coefficient (Wildman–Crippen LogP) is 2.29. The average molecular weight is 266 g/mol. The molecule has 2 rings (SSSR count). The molecule has 0 atom stereocenters. The maximum absolute atomic E-state index is 13.7. The Kier molecular flexibility index (Phi) is 5.16. The largest absolute Gasteiger partial charge is 0.395 e. The van der Waals surface area contributed by atoms with E-state index in [1.54, 1.807) is 12.1 Å². The molecule has 0 unspecified atom stereocenters. The zero-order chi connectivity index (χ0) is 13.7. The van der Waals surface area contributed by atoms with Gasteiger partial charge in [-0.3, -0.25) is 0 Å². The van der Waals surface area contributed by atoms with E-state index in [9.17, 15) is 9.50 Å². The molecule has 0 bridgehead atoms. The summed E-state index contributed by atoms with van der Waals surface area (Å²) in [6, 6.07) is 5.60. The van der Waals surface area contributed by atoms with Crippen molar-refractivity contribution in [2.45, 2.75) is 38.3 Å². The Morgan fingerprint density at radius 1 is 1.32 bits per heavy atom. The van der Waals surface area contributed by atoms with Crippen molar-refractivity contribution in [3.05, 3.63) is 29.6 Å². The van der Waals surface area contributed by atoms with Gasteiger partial charge in [0.15, 0.2) is 0 Å². The molecular formula is C15H23FN2O. The van der Waals surface area contributed by atoms with E-state index in [2.05, 4.69) is 10.2 Å². The van der Waals surface area contributed by atoms with Crippen molar-refractivity contribution in [3.63, 3.8) is 0 Å². The van der Waals surface area contributed by atoms with Crippen LogP contribution in [0.25, 0.3) is 0 Å². The zero-order valence-corrected chi connectivity index (χ0v) is 11.5. The van der Waals surface area contributed by atoms with E-state index >= 15 is 0 Å². The summed E-state index contributed by atoms with van der Waals surface area (Å²) >= 11 is 0. The number of anilines is 1. The number of aliphatic hydroxyl groups excluding tert-OH is 1. The van der Waals surface area contributed by atoms with Crippen LogP contribution in [-0.2, 0) is 6.54 Å². The minimum Gasteiger partial charge on any atom is -0.395 e. The van der Waals surface area contributed by atoms with Gasteiger partial charge in [-0.2, -0.15) is 0 Å². The first kappa shape index (κ1) is 14.3. The van der Waals surface area contributed by atoms with Crippen molar-refractivity contribution >= 4 is 5.69 Å². The van der Waals surface area contributed by atoms with Crippen LogP contribution in [0.2, 0.25) is 0 Å². The molecule has 1 aromatic rings. The molecule has 1 aliphatic carbocycles. The van der Waals surface area contributed by atoms with Gasteiger partial charge in [-0.25, -0.2) is 4.39 Å². The summed E-state index contributed by atoms with van der Waals surface area (Å²) in [4.78, 5) is 2.16. The number of nitrogens with zero attached hydrogens (tertiary/aromatic N) is 1. The Morgan fingerprint density at radius 3 is 2.68 bits per heavy atom. The van der Waals surface area contributed by atoms with Crippen molar-refractivity contribution < 1.29 is 9.50 Å². The van der Waals surface area contributed by atoms with Gasteiger partial charge in [-0.05, 0) is 43.7 Å². The van der Waals surface area contributed by atoms with Crippen LogP contribution in [0.15, 0.2) is 18.2 Å². The quantitative estimate of drug-likeness (QED) is 0.829. The van der Waals surface area contributed by atoms with Crippen molar-refractivity contribution in [2.75, 3.05) is 25.1 Å². The summed E-state index contributed by atoms with van der Waals surface area (Å²) < 4.78 is 13.7. The third kappa shape index (κ3) is 3.67. The van der Waals surface area contributed by atoms with Crippen LogP contribution in [0.4, 0.5) is 10.1 Å². The van der Waals surface area contributed by atoms with Gasteiger partial charge in [-0.15, -0.1) is 0 Å². The first-order valence-corrected chi connectivity index (χ1v) is 7.06. The molecule has 4 heteroatoms. The van der Waals surface area contributed by atoms with Crippen LogP contribution in [0, 0.1) is 5.82 Å². The number of nitrogens with one attached hydrogen (secondary N) is 1. The molecule has 1 fully saturated rings. The second-order valence-electron chi connectivity index (χ2n) is 5.20.